The highest BCUT2D eigenvalue weighted by Crippen LogP contribution is 2.30. The van der Waals surface area contributed by atoms with Crippen molar-refractivity contribution in [3.8, 4) is 0 Å². The number of nitrogens with zero attached hydrogens (tertiary/aromatic N) is 5. The third-order valence-corrected chi connectivity index (χ3v) is 7.57. The number of fused-ring (bicyclic) bond motifs is 1. The van der Waals surface area contributed by atoms with E-state index in [2.05, 4.69) is 26.7 Å². The molecule has 1 atom stereocenters. The number of hydrogen-bond acceptors (Lipinski definition) is 5. The Hall–Kier alpha value is -1.77. The Morgan fingerprint density at radius 3 is 2.59 bits per heavy atom. The molecule has 27 heavy (non-hydrogen) atoms. The normalized spacial score (nSPS) is 22.4. The van der Waals surface area contributed by atoms with Crippen LogP contribution < -0.4 is 0 Å². The lowest BCUT2D eigenvalue weighted by molar-refractivity contribution is 0.299. The number of sulfonamides is 1. The molecule has 2 aromatic rings. The summed E-state index contributed by atoms with van der Waals surface area (Å²) >= 11 is 0. The fourth-order valence-corrected chi connectivity index (χ4v) is 5.51. The Labute approximate surface area is 161 Å². The maximum atomic E-state index is 13.1. The van der Waals surface area contributed by atoms with Crippen molar-refractivity contribution in [2.24, 2.45) is 0 Å². The highest BCUT2D eigenvalue weighted by molar-refractivity contribution is 7.89. The maximum Gasteiger partial charge on any atom is 0.243 e. The number of piperidine rings is 1. The first-order valence-electron chi connectivity index (χ1n) is 9.62. The average Bonchev–Trinajstić information content (AvgIpc) is 2.99. The Morgan fingerprint density at radius 2 is 1.81 bits per heavy atom. The highest BCUT2D eigenvalue weighted by Gasteiger charge is 2.33. The molecule has 0 bridgehead atoms. The van der Waals surface area contributed by atoms with Crippen LogP contribution in [0.15, 0.2) is 29.2 Å². The summed E-state index contributed by atoms with van der Waals surface area (Å²) in [5.74, 6) is 2.07. The lowest BCUT2D eigenvalue weighted by atomic mass is 9.99. The van der Waals surface area contributed by atoms with E-state index < -0.39 is 10.0 Å². The van der Waals surface area contributed by atoms with E-state index in [0.717, 1.165) is 56.1 Å². The van der Waals surface area contributed by atoms with Crippen molar-refractivity contribution in [2.75, 3.05) is 33.2 Å². The predicted molar refractivity (Wildman–Crippen MR) is 103 cm³/mol. The van der Waals surface area contributed by atoms with Crippen LogP contribution in [0.3, 0.4) is 0 Å². The number of likely N-dealkylation sites (N-methyl/N-ethyl adjacent to an activating group) is 1. The van der Waals surface area contributed by atoms with Crippen molar-refractivity contribution < 1.29 is 8.42 Å². The molecule has 1 saturated heterocycles. The van der Waals surface area contributed by atoms with E-state index in [-0.39, 0.29) is 5.92 Å². The van der Waals surface area contributed by atoms with Gasteiger partial charge in [0.2, 0.25) is 10.0 Å². The molecule has 1 unspecified atom stereocenters. The molecule has 0 aliphatic carbocycles. The molecular formula is C19H27N5O2S. The molecule has 0 amide bonds. The van der Waals surface area contributed by atoms with Gasteiger partial charge in [-0.1, -0.05) is 17.7 Å². The molecular weight excluding hydrogens is 362 g/mol. The minimum atomic E-state index is -3.47. The van der Waals surface area contributed by atoms with Crippen LogP contribution in [0.25, 0.3) is 0 Å². The van der Waals surface area contributed by atoms with Crippen LogP contribution in [-0.2, 0) is 23.0 Å². The van der Waals surface area contributed by atoms with Crippen LogP contribution in [0.1, 0.15) is 36.0 Å². The van der Waals surface area contributed by atoms with Crippen molar-refractivity contribution >= 4 is 10.0 Å². The smallest absolute Gasteiger partial charge is 0.243 e. The quantitative estimate of drug-likeness (QED) is 0.798. The molecule has 8 heteroatoms. The van der Waals surface area contributed by atoms with Crippen molar-refractivity contribution in [1.82, 2.24) is 24.0 Å². The first-order chi connectivity index (χ1) is 12.9. The Kier molecular flexibility index (Phi) is 5.05. The van der Waals surface area contributed by atoms with Gasteiger partial charge in [-0.3, -0.25) is 0 Å². The van der Waals surface area contributed by atoms with Crippen molar-refractivity contribution in [3.05, 3.63) is 41.5 Å². The molecule has 0 N–H and O–H groups in total. The lowest BCUT2D eigenvalue weighted by Gasteiger charge is -2.31. The Balaban J connectivity index is 1.57. The molecule has 1 aromatic carbocycles. The predicted octanol–water partition coefficient (Wildman–Crippen LogP) is 1.64. The van der Waals surface area contributed by atoms with E-state index in [1.165, 1.54) is 0 Å². The van der Waals surface area contributed by atoms with Gasteiger partial charge in [0.05, 0.1) is 4.90 Å². The second kappa shape index (κ2) is 7.33. The molecule has 3 heterocycles. The summed E-state index contributed by atoms with van der Waals surface area (Å²) in [5.41, 5.74) is 1.06. The molecule has 1 fully saturated rings. The number of hydrogen-bond donors (Lipinski definition) is 0. The molecule has 4 rings (SSSR count). The molecule has 2 aliphatic rings. The SMILES string of the molecule is Cc1ccc(S(=O)(=O)N2CCCC(c3nnc4n3CCN(C)CC4)C2)cc1. The van der Waals surface area contributed by atoms with Gasteiger partial charge in [-0.05, 0) is 38.9 Å². The molecule has 2 aliphatic heterocycles. The van der Waals surface area contributed by atoms with Crippen LogP contribution in [0.5, 0.6) is 0 Å². The van der Waals surface area contributed by atoms with Gasteiger partial charge in [0.15, 0.2) is 0 Å². The fraction of sp³-hybridized carbons (Fsp3) is 0.579. The molecule has 0 saturated carbocycles. The minimum absolute atomic E-state index is 0.101. The van der Waals surface area contributed by atoms with Gasteiger partial charge >= 0.3 is 0 Å². The van der Waals surface area contributed by atoms with Crippen LogP contribution in [0.4, 0.5) is 0 Å². The minimum Gasteiger partial charge on any atom is -0.313 e. The number of aromatic nitrogens is 3. The van der Waals surface area contributed by atoms with E-state index in [1.807, 2.05) is 19.1 Å². The third-order valence-electron chi connectivity index (χ3n) is 5.69. The van der Waals surface area contributed by atoms with Crippen molar-refractivity contribution in [2.45, 2.75) is 43.5 Å². The van der Waals surface area contributed by atoms with Crippen LogP contribution in [0, 0.1) is 6.92 Å². The molecule has 0 radical (unpaired) electrons. The van der Waals surface area contributed by atoms with Gasteiger partial charge in [-0.2, -0.15) is 4.31 Å². The maximum absolute atomic E-state index is 13.1. The summed E-state index contributed by atoms with van der Waals surface area (Å²) in [7, 11) is -1.35. The Morgan fingerprint density at radius 1 is 1.04 bits per heavy atom. The van der Waals surface area contributed by atoms with Crippen molar-refractivity contribution in [1.29, 1.82) is 0 Å². The van der Waals surface area contributed by atoms with Crippen LogP contribution in [-0.4, -0.2) is 65.6 Å². The largest absolute Gasteiger partial charge is 0.313 e. The van der Waals surface area contributed by atoms with Gasteiger partial charge in [-0.25, -0.2) is 8.42 Å². The van der Waals surface area contributed by atoms with Gasteiger partial charge < -0.3 is 9.47 Å². The summed E-state index contributed by atoms with van der Waals surface area (Å²) in [6.45, 7) is 5.82. The monoisotopic (exact) mass is 389 g/mol. The standard InChI is InChI=1S/C19H27N5O2S/c1-15-5-7-17(8-6-15)27(25,26)23-10-3-4-16(14-23)19-21-20-18-9-11-22(2)12-13-24(18)19/h5-8,16H,3-4,9-14H2,1-2H3. The third kappa shape index (κ3) is 3.66. The molecule has 7 nitrogen and oxygen atoms in total. The number of rotatable bonds is 3. The highest BCUT2D eigenvalue weighted by atomic mass is 32.2. The molecule has 146 valence electrons. The zero-order valence-electron chi connectivity index (χ0n) is 16.0. The lowest BCUT2D eigenvalue weighted by Crippen LogP contribution is -2.39. The summed E-state index contributed by atoms with van der Waals surface area (Å²) in [5, 5.41) is 8.86. The van der Waals surface area contributed by atoms with Crippen LogP contribution >= 0.6 is 0 Å². The Bertz CT molecular complexity index is 907. The second-order valence-corrected chi connectivity index (χ2v) is 9.63. The topological polar surface area (TPSA) is 71.3 Å². The van der Waals surface area contributed by atoms with E-state index in [0.29, 0.717) is 18.0 Å². The zero-order chi connectivity index (χ0) is 19.0. The van der Waals surface area contributed by atoms with Gasteiger partial charge in [0.25, 0.3) is 0 Å². The summed E-state index contributed by atoms with van der Waals surface area (Å²) in [4.78, 5) is 2.67. The first kappa shape index (κ1) is 18.6. The zero-order valence-corrected chi connectivity index (χ0v) is 16.8. The van der Waals surface area contributed by atoms with Crippen molar-refractivity contribution in [3.63, 3.8) is 0 Å². The van der Waals surface area contributed by atoms with Gasteiger partial charge in [-0.15, -0.1) is 10.2 Å². The van der Waals surface area contributed by atoms with E-state index >= 15 is 0 Å². The van der Waals surface area contributed by atoms with Crippen LogP contribution in [0.2, 0.25) is 0 Å². The summed E-state index contributed by atoms with van der Waals surface area (Å²) < 4.78 is 30.0. The van der Waals surface area contributed by atoms with E-state index in [4.69, 9.17) is 0 Å². The van der Waals surface area contributed by atoms with E-state index in [1.54, 1.807) is 16.4 Å². The van der Waals surface area contributed by atoms with E-state index in [9.17, 15) is 8.42 Å². The first-order valence-corrected chi connectivity index (χ1v) is 11.1. The number of aryl methyl sites for hydroxylation is 1. The molecule has 1 aromatic heterocycles. The summed E-state index contributed by atoms with van der Waals surface area (Å²) in [6, 6.07) is 7.10. The van der Waals surface area contributed by atoms with Gasteiger partial charge in [0, 0.05) is 45.1 Å². The van der Waals surface area contributed by atoms with Gasteiger partial charge in [0.1, 0.15) is 11.6 Å². The summed E-state index contributed by atoms with van der Waals surface area (Å²) in [6.07, 6.45) is 2.69. The molecule has 0 spiro atoms. The second-order valence-electron chi connectivity index (χ2n) is 7.69. The fourth-order valence-electron chi connectivity index (χ4n) is 3.98. The average molecular weight is 390 g/mol. The number of benzene rings is 1.